The van der Waals surface area contributed by atoms with Gasteiger partial charge < -0.3 is 43.5 Å². The van der Waals surface area contributed by atoms with Gasteiger partial charge in [0.25, 0.3) is 11.8 Å². The molecule has 3 heterocycles. The molecule has 1 aromatic heterocycles. The topological polar surface area (TPSA) is 192 Å². The van der Waals surface area contributed by atoms with Gasteiger partial charge in [0.1, 0.15) is 23.8 Å². The quantitative estimate of drug-likeness (QED) is 0.150. The van der Waals surface area contributed by atoms with Gasteiger partial charge in [0.05, 0.1) is 19.8 Å². The highest BCUT2D eigenvalue weighted by molar-refractivity contribution is 7.46. The van der Waals surface area contributed by atoms with Gasteiger partial charge in [-0.2, -0.15) is 0 Å². The van der Waals surface area contributed by atoms with E-state index < -0.39 is 80.4 Å². The molecular formula is C24H26F2N3O12P. The molecule has 0 bridgehead atoms. The second kappa shape index (κ2) is 13.0. The van der Waals surface area contributed by atoms with Crippen LogP contribution in [0.3, 0.4) is 0 Å². The van der Waals surface area contributed by atoms with Gasteiger partial charge in [-0.25, -0.2) is 18.1 Å². The molecule has 2 unspecified atom stereocenters. The van der Waals surface area contributed by atoms with Crippen molar-refractivity contribution in [3.05, 3.63) is 63.1 Å². The van der Waals surface area contributed by atoms with Gasteiger partial charge in [0.15, 0.2) is 11.9 Å². The molecule has 228 valence electrons. The van der Waals surface area contributed by atoms with E-state index in [1.165, 1.54) is 9.47 Å². The highest BCUT2D eigenvalue weighted by Gasteiger charge is 2.41. The summed E-state index contributed by atoms with van der Waals surface area (Å²) in [4.78, 5) is 70.3. The Morgan fingerprint density at radius 1 is 1.19 bits per heavy atom. The Morgan fingerprint density at radius 2 is 1.95 bits per heavy atom. The first kappa shape index (κ1) is 31.1. The van der Waals surface area contributed by atoms with E-state index >= 15 is 0 Å². The molecule has 4 rings (SSSR count). The summed E-state index contributed by atoms with van der Waals surface area (Å²) in [6, 6.07) is 2.52. The van der Waals surface area contributed by atoms with Crippen LogP contribution in [-0.2, 0) is 36.4 Å². The van der Waals surface area contributed by atoms with Gasteiger partial charge in [0, 0.05) is 30.4 Å². The minimum Gasteiger partial charge on any atom is -0.451 e. The Hall–Kier alpha value is -3.89. The van der Waals surface area contributed by atoms with Crippen molar-refractivity contribution in [1.29, 1.82) is 0 Å². The van der Waals surface area contributed by atoms with Crippen LogP contribution in [-0.4, -0.2) is 76.1 Å². The van der Waals surface area contributed by atoms with E-state index in [0.717, 1.165) is 18.3 Å². The van der Waals surface area contributed by atoms with Crippen molar-refractivity contribution in [3.63, 3.8) is 0 Å². The Morgan fingerprint density at radius 3 is 2.67 bits per heavy atom. The first-order chi connectivity index (χ1) is 19.9. The summed E-state index contributed by atoms with van der Waals surface area (Å²) in [5, 5.41) is 2.37. The fourth-order valence-corrected chi connectivity index (χ4v) is 4.65. The fourth-order valence-electron chi connectivity index (χ4n) is 4.33. The van der Waals surface area contributed by atoms with Crippen molar-refractivity contribution in [1.82, 2.24) is 14.8 Å². The predicted octanol–water partition coefficient (Wildman–Crippen LogP) is 1.25. The molecule has 0 aliphatic carbocycles. The van der Waals surface area contributed by atoms with Crippen LogP contribution in [0.25, 0.3) is 0 Å². The Bertz CT molecular complexity index is 1480. The lowest BCUT2D eigenvalue weighted by Gasteiger charge is -2.44. The van der Waals surface area contributed by atoms with Crippen molar-refractivity contribution >= 4 is 25.8 Å². The normalized spacial score (nSPS) is 18.1. The molecular weight excluding hydrogens is 591 g/mol. The van der Waals surface area contributed by atoms with E-state index in [1.54, 1.807) is 6.92 Å². The van der Waals surface area contributed by atoms with Crippen LogP contribution in [0.4, 0.5) is 13.6 Å². The maximum absolute atomic E-state index is 14.0. The Labute approximate surface area is 236 Å². The first-order valence-corrected chi connectivity index (χ1v) is 13.9. The number of nitrogens with one attached hydrogen (secondary N) is 1. The van der Waals surface area contributed by atoms with Gasteiger partial charge in [0.2, 0.25) is 18.0 Å². The number of hydrogen-bond donors (Lipinski definition) is 3. The second-order valence-electron chi connectivity index (χ2n) is 9.12. The minimum absolute atomic E-state index is 0.0252. The number of amides is 2. The van der Waals surface area contributed by atoms with Crippen molar-refractivity contribution in [3.8, 4) is 5.75 Å². The minimum atomic E-state index is -4.77. The number of aromatic nitrogens is 1. The standard InChI is InChI=1S/C24H26F2N3O12P/c1-13-4-5-37-18-11-28-10-16(22(31)27-9-14-2-3-15(25)8-17(14)26)20(30)21(19(28)23(32)29(13)18)39-12-40-24(33)38-6-7-41-42(34,35)36/h2-3,8,10,13,18H,4-7,9,11-12H2,1H3,(H,27,31)(H2,34,35,36). The molecule has 18 heteroatoms. The van der Waals surface area contributed by atoms with Gasteiger partial charge in [-0.15, -0.1) is 0 Å². The maximum Gasteiger partial charge on any atom is 0.511 e. The van der Waals surface area contributed by atoms with Crippen LogP contribution >= 0.6 is 7.82 Å². The number of nitrogens with zero attached hydrogens (tertiary/aromatic N) is 2. The largest absolute Gasteiger partial charge is 0.511 e. The number of fused-ring (bicyclic) bond motifs is 2. The zero-order valence-electron chi connectivity index (χ0n) is 22.0. The number of benzene rings is 1. The molecule has 2 atom stereocenters. The number of ether oxygens (including phenoxy) is 4. The molecule has 2 aliphatic heterocycles. The van der Waals surface area contributed by atoms with Crippen LogP contribution in [0, 0.1) is 11.6 Å². The third kappa shape index (κ3) is 7.30. The molecule has 0 radical (unpaired) electrons. The van der Waals surface area contributed by atoms with Crippen molar-refractivity contribution < 1.29 is 61.0 Å². The molecule has 0 saturated carbocycles. The van der Waals surface area contributed by atoms with E-state index in [9.17, 15) is 32.5 Å². The molecule has 0 spiro atoms. The summed E-state index contributed by atoms with van der Waals surface area (Å²) < 4.78 is 63.7. The van der Waals surface area contributed by atoms with Crippen LogP contribution in [0.1, 0.15) is 39.8 Å². The molecule has 15 nitrogen and oxygen atoms in total. The van der Waals surface area contributed by atoms with Gasteiger partial charge >= 0.3 is 14.0 Å². The molecule has 1 aromatic carbocycles. The van der Waals surface area contributed by atoms with Crippen molar-refractivity contribution in [2.45, 2.75) is 38.7 Å². The van der Waals surface area contributed by atoms with Gasteiger partial charge in [-0.3, -0.25) is 18.9 Å². The first-order valence-electron chi connectivity index (χ1n) is 12.4. The zero-order valence-corrected chi connectivity index (χ0v) is 22.9. The molecule has 2 amide bonds. The molecule has 2 aromatic rings. The second-order valence-corrected chi connectivity index (χ2v) is 10.4. The average Bonchev–Trinajstić information content (AvgIpc) is 2.91. The number of phosphoric acid groups is 1. The van der Waals surface area contributed by atoms with E-state index in [0.29, 0.717) is 19.1 Å². The van der Waals surface area contributed by atoms with Crippen molar-refractivity contribution in [2.24, 2.45) is 0 Å². The molecule has 1 fully saturated rings. The van der Waals surface area contributed by atoms with Gasteiger partial charge in [-0.05, 0) is 19.4 Å². The number of phosphoric ester groups is 1. The Balaban J connectivity index is 1.55. The van der Waals surface area contributed by atoms with Crippen molar-refractivity contribution in [2.75, 3.05) is 26.6 Å². The van der Waals surface area contributed by atoms with Crippen LogP contribution in [0.15, 0.2) is 29.2 Å². The van der Waals surface area contributed by atoms with E-state index in [1.807, 2.05) is 0 Å². The summed E-state index contributed by atoms with van der Waals surface area (Å²) >= 11 is 0. The zero-order chi connectivity index (χ0) is 30.6. The summed E-state index contributed by atoms with van der Waals surface area (Å²) in [5.41, 5.74) is -1.81. The monoisotopic (exact) mass is 617 g/mol. The third-order valence-corrected chi connectivity index (χ3v) is 6.82. The summed E-state index contributed by atoms with van der Waals surface area (Å²) in [6.07, 6.45) is -0.383. The number of carbonyl (C=O) groups is 3. The lowest BCUT2D eigenvalue weighted by molar-refractivity contribution is -0.112. The summed E-state index contributed by atoms with van der Waals surface area (Å²) in [5.74, 6) is -3.93. The number of hydrogen-bond acceptors (Lipinski definition) is 10. The molecule has 1 saturated heterocycles. The summed E-state index contributed by atoms with van der Waals surface area (Å²) in [7, 11) is -4.77. The summed E-state index contributed by atoms with van der Waals surface area (Å²) in [6.45, 7) is -0.363. The Kier molecular flexibility index (Phi) is 9.58. The highest BCUT2D eigenvalue weighted by atomic mass is 31.2. The number of carbonyl (C=O) groups excluding carboxylic acids is 3. The molecule has 3 N–H and O–H groups in total. The number of pyridine rings is 1. The fraction of sp³-hybridized carbons (Fsp3) is 0.417. The highest BCUT2D eigenvalue weighted by Crippen LogP contribution is 2.35. The third-order valence-electron chi connectivity index (χ3n) is 6.30. The van der Waals surface area contributed by atoms with Crippen LogP contribution in [0.2, 0.25) is 0 Å². The van der Waals surface area contributed by atoms with Crippen LogP contribution < -0.4 is 15.5 Å². The molecule has 2 aliphatic rings. The van der Waals surface area contributed by atoms with Gasteiger partial charge in [-0.1, -0.05) is 6.07 Å². The average molecular weight is 617 g/mol. The van der Waals surface area contributed by atoms with E-state index in [4.69, 9.17) is 24.0 Å². The predicted molar refractivity (Wildman–Crippen MR) is 134 cm³/mol. The smallest absolute Gasteiger partial charge is 0.451 e. The SMILES string of the molecule is CC1CCOC2Cn3cc(C(=O)NCc4ccc(F)cc4F)c(=O)c(OCOC(=O)OCCOP(=O)(O)O)c3C(=O)N12. The number of halogens is 2. The lowest BCUT2D eigenvalue weighted by Crippen LogP contribution is -2.57. The van der Waals surface area contributed by atoms with Crippen LogP contribution in [0.5, 0.6) is 5.75 Å². The maximum atomic E-state index is 14.0. The lowest BCUT2D eigenvalue weighted by atomic mass is 10.1. The van der Waals surface area contributed by atoms with E-state index in [-0.39, 0.29) is 30.4 Å². The molecule has 42 heavy (non-hydrogen) atoms. The van der Waals surface area contributed by atoms with E-state index in [2.05, 4.69) is 14.6 Å². The number of rotatable bonds is 10.